The van der Waals surface area contributed by atoms with Gasteiger partial charge in [-0.1, -0.05) is 12.8 Å². The van der Waals surface area contributed by atoms with Crippen molar-refractivity contribution in [3.05, 3.63) is 30.6 Å². The standard InChI is InChI=1S/C16H21N5O/c1-22-13-8-6-12(7-9-13)21-16-14(17)15(18-10-19-16)20-11-4-2-3-5-11/h6-11H,2-5,17H2,1H3,(H2,18,19,20,21). The molecule has 3 rings (SSSR count). The first-order valence-corrected chi connectivity index (χ1v) is 7.54. The zero-order chi connectivity index (χ0) is 15.4. The van der Waals surface area contributed by atoms with Crippen LogP contribution in [0.2, 0.25) is 0 Å². The highest BCUT2D eigenvalue weighted by molar-refractivity contribution is 5.77. The lowest BCUT2D eigenvalue weighted by molar-refractivity contribution is 0.415. The molecule has 22 heavy (non-hydrogen) atoms. The monoisotopic (exact) mass is 299 g/mol. The number of nitrogens with zero attached hydrogens (tertiary/aromatic N) is 2. The van der Waals surface area contributed by atoms with Gasteiger partial charge >= 0.3 is 0 Å². The van der Waals surface area contributed by atoms with E-state index in [0.29, 0.717) is 23.4 Å². The van der Waals surface area contributed by atoms with Crippen molar-refractivity contribution in [3.8, 4) is 5.75 Å². The van der Waals surface area contributed by atoms with E-state index in [9.17, 15) is 0 Å². The minimum Gasteiger partial charge on any atom is -0.497 e. The fourth-order valence-electron chi connectivity index (χ4n) is 2.68. The fourth-order valence-corrected chi connectivity index (χ4v) is 2.68. The highest BCUT2D eigenvalue weighted by Crippen LogP contribution is 2.29. The summed E-state index contributed by atoms with van der Waals surface area (Å²) in [6.07, 6.45) is 6.40. The second-order valence-corrected chi connectivity index (χ2v) is 5.46. The third-order valence-electron chi connectivity index (χ3n) is 3.93. The summed E-state index contributed by atoms with van der Waals surface area (Å²) in [4.78, 5) is 8.50. The summed E-state index contributed by atoms with van der Waals surface area (Å²) in [5.74, 6) is 2.13. The van der Waals surface area contributed by atoms with Crippen LogP contribution in [0.5, 0.6) is 5.75 Å². The molecule has 0 atom stereocenters. The molecule has 0 bridgehead atoms. The number of aromatic nitrogens is 2. The summed E-state index contributed by atoms with van der Waals surface area (Å²) in [7, 11) is 1.64. The van der Waals surface area contributed by atoms with Crippen LogP contribution in [0.3, 0.4) is 0 Å². The summed E-state index contributed by atoms with van der Waals surface area (Å²) in [5, 5.41) is 6.63. The Morgan fingerprint density at radius 3 is 2.45 bits per heavy atom. The van der Waals surface area contributed by atoms with Gasteiger partial charge < -0.3 is 21.1 Å². The maximum Gasteiger partial charge on any atom is 0.159 e. The van der Waals surface area contributed by atoms with Crippen LogP contribution in [0.25, 0.3) is 0 Å². The number of rotatable bonds is 5. The van der Waals surface area contributed by atoms with Gasteiger partial charge in [-0.25, -0.2) is 9.97 Å². The lowest BCUT2D eigenvalue weighted by Crippen LogP contribution is -2.17. The Morgan fingerprint density at radius 2 is 1.77 bits per heavy atom. The van der Waals surface area contributed by atoms with Crippen molar-refractivity contribution in [3.63, 3.8) is 0 Å². The summed E-state index contributed by atoms with van der Waals surface area (Å²) in [6.45, 7) is 0. The van der Waals surface area contributed by atoms with Gasteiger partial charge in [0.25, 0.3) is 0 Å². The molecule has 6 heteroatoms. The molecule has 116 valence electrons. The van der Waals surface area contributed by atoms with E-state index in [1.165, 1.54) is 32.0 Å². The molecule has 1 saturated carbocycles. The number of nitrogens with two attached hydrogens (primary N) is 1. The van der Waals surface area contributed by atoms with E-state index in [1.807, 2.05) is 24.3 Å². The molecule has 2 aromatic rings. The summed E-state index contributed by atoms with van der Waals surface area (Å²) in [6, 6.07) is 8.08. The van der Waals surface area contributed by atoms with Gasteiger partial charge in [-0.2, -0.15) is 0 Å². The highest BCUT2D eigenvalue weighted by Gasteiger charge is 2.17. The Kier molecular flexibility index (Phi) is 4.27. The topological polar surface area (TPSA) is 85.1 Å². The Labute approximate surface area is 130 Å². The molecule has 1 aliphatic rings. The molecule has 1 heterocycles. The van der Waals surface area contributed by atoms with E-state index in [1.54, 1.807) is 7.11 Å². The largest absolute Gasteiger partial charge is 0.497 e. The van der Waals surface area contributed by atoms with E-state index < -0.39 is 0 Å². The maximum absolute atomic E-state index is 6.19. The summed E-state index contributed by atoms with van der Waals surface area (Å²) in [5.41, 5.74) is 7.64. The number of hydrogen-bond donors (Lipinski definition) is 3. The molecule has 1 fully saturated rings. The van der Waals surface area contributed by atoms with Crippen molar-refractivity contribution in [1.82, 2.24) is 9.97 Å². The number of benzene rings is 1. The number of nitrogen functional groups attached to an aromatic ring is 1. The van der Waals surface area contributed by atoms with Crippen LogP contribution < -0.4 is 21.1 Å². The van der Waals surface area contributed by atoms with Crippen LogP contribution >= 0.6 is 0 Å². The summed E-state index contributed by atoms with van der Waals surface area (Å²) < 4.78 is 5.15. The van der Waals surface area contributed by atoms with E-state index in [-0.39, 0.29) is 0 Å². The van der Waals surface area contributed by atoms with Crippen molar-refractivity contribution < 1.29 is 4.74 Å². The van der Waals surface area contributed by atoms with Crippen molar-refractivity contribution in [2.75, 3.05) is 23.5 Å². The van der Waals surface area contributed by atoms with Crippen LogP contribution in [0.1, 0.15) is 25.7 Å². The molecule has 1 aromatic carbocycles. The molecular formula is C16H21N5O. The molecule has 6 nitrogen and oxygen atoms in total. The average molecular weight is 299 g/mol. The second kappa shape index (κ2) is 6.51. The van der Waals surface area contributed by atoms with Crippen LogP contribution in [0.4, 0.5) is 23.0 Å². The zero-order valence-corrected chi connectivity index (χ0v) is 12.7. The Hall–Kier alpha value is -2.50. The number of hydrogen-bond acceptors (Lipinski definition) is 6. The van der Waals surface area contributed by atoms with E-state index in [0.717, 1.165) is 11.4 Å². The predicted octanol–water partition coefficient (Wildman–Crippen LogP) is 3.17. The highest BCUT2D eigenvalue weighted by atomic mass is 16.5. The van der Waals surface area contributed by atoms with Crippen LogP contribution in [0.15, 0.2) is 30.6 Å². The fraction of sp³-hybridized carbons (Fsp3) is 0.375. The minimum absolute atomic E-state index is 0.464. The lowest BCUT2D eigenvalue weighted by atomic mass is 10.2. The van der Waals surface area contributed by atoms with Gasteiger partial charge in [0, 0.05) is 11.7 Å². The third kappa shape index (κ3) is 3.21. The minimum atomic E-state index is 0.464. The Bertz CT molecular complexity index is 623. The third-order valence-corrected chi connectivity index (χ3v) is 3.93. The Morgan fingerprint density at radius 1 is 1.09 bits per heavy atom. The summed E-state index contributed by atoms with van der Waals surface area (Å²) >= 11 is 0. The van der Waals surface area contributed by atoms with Gasteiger partial charge in [-0.05, 0) is 37.1 Å². The number of ether oxygens (including phenoxy) is 1. The van der Waals surface area contributed by atoms with E-state index in [4.69, 9.17) is 10.5 Å². The van der Waals surface area contributed by atoms with Gasteiger partial charge in [0.2, 0.25) is 0 Å². The molecule has 0 unspecified atom stereocenters. The van der Waals surface area contributed by atoms with E-state index >= 15 is 0 Å². The molecule has 1 aliphatic carbocycles. The molecule has 0 saturated heterocycles. The molecule has 4 N–H and O–H groups in total. The van der Waals surface area contributed by atoms with Crippen molar-refractivity contribution in [1.29, 1.82) is 0 Å². The molecule has 0 aliphatic heterocycles. The molecule has 0 spiro atoms. The normalized spacial score (nSPS) is 14.8. The predicted molar refractivity (Wildman–Crippen MR) is 88.6 cm³/mol. The van der Waals surface area contributed by atoms with Crippen LogP contribution in [0, 0.1) is 0 Å². The molecule has 0 radical (unpaired) electrons. The SMILES string of the molecule is COc1ccc(Nc2ncnc(NC3CCCC3)c2N)cc1. The Balaban J connectivity index is 1.75. The smallest absolute Gasteiger partial charge is 0.159 e. The van der Waals surface area contributed by atoms with Gasteiger partial charge in [0.1, 0.15) is 17.8 Å². The van der Waals surface area contributed by atoms with Crippen LogP contribution in [-0.2, 0) is 0 Å². The van der Waals surface area contributed by atoms with Gasteiger partial charge in [-0.15, -0.1) is 0 Å². The van der Waals surface area contributed by atoms with E-state index in [2.05, 4.69) is 20.6 Å². The first kappa shape index (κ1) is 14.4. The first-order valence-electron chi connectivity index (χ1n) is 7.54. The molecular weight excluding hydrogens is 278 g/mol. The lowest BCUT2D eigenvalue weighted by Gasteiger charge is -2.16. The van der Waals surface area contributed by atoms with Gasteiger partial charge in [0.15, 0.2) is 11.6 Å². The first-order chi connectivity index (χ1) is 10.8. The van der Waals surface area contributed by atoms with Crippen molar-refractivity contribution in [2.24, 2.45) is 0 Å². The quantitative estimate of drug-likeness (QED) is 0.786. The number of methoxy groups -OCH3 is 1. The second-order valence-electron chi connectivity index (χ2n) is 5.46. The van der Waals surface area contributed by atoms with Crippen LogP contribution in [-0.4, -0.2) is 23.1 Å². The van der Waals surface area contributed by atoms with Gasteiger partial charge in [0.05, 0.1) is 7.11 Å². The maximum atomic E-state index is 6.19. The van der Waals surface area contributed by atoms with Crippen molar-refractivity contribution in [2.45, 2.75) is 31.7 Å². The number of nitrogens with one attached hydrogen (secondary N) is 2. The number of anilines is 4. The average Bonchev–Trinajstić information content (AvgIpc) is 3.05. The van der Waals surface area contributed by atoms with Crippen molar-refractivity contribution >= 4 is 23.0 Å². The molecule has 0 amide bonds. The van der Waals surface area contributed by atoms with Gasteiger partial charge in [-0.3, -0.25) is 0 Å². The molecule has 1 aromatic heterocycles. The zero-order valence-electron chi connectivity index (χ0n) is 12.7.